The lowest BCUT2D eigenvalue weighted by atomic mass is 10.1. The smallest absolute Gasteiger partial charge is 0.234 e. The third kappa shape index (κ3) is 6.27. The zero-order valence-electron chi connectivity index (χ0n) is 19.2. The summed E-state index contributed by atoms with van der Waals surface area (Å²) in [5.41, 5.74) is 1.39. The number of rotatable bonds is 10. The monoisotopic (exact) mass is 487 g/mol. The number of hydrogen-bond acceptors (Lipinski definition) is 6. The van der Waals surface area contributed by atoms with E-state index in [2.05, 4.69) is 27.4 Å². The van der Waals surface area contributed by atoms with Gasteiger partial charge in [-0.1, -0.05) is 48.2 Å². The highest BCUT2D eigenvalue weighted by atomic mass is 32.2. The Balaban J connectivity index is 1.36. The van der Waals surface area contributed by atoms with Gasteiger partial charge in [0, 0.05) is 17.9 Å². The molecule has 0 saturated carbocycles. The predicted molar refractivity (Wildman–Crippen MR) is 139 cm³/mol. The molecule has 35 heavy (non-hydrogen) atoms. The van der Waals surface area contributed by atoms with Crippen LogP contribution in [0.3, 0.4) is 0 Å². The number of methoxy groups -OCH3 is 1. The largest absolute Gasteiger partial charge is 0.497 e. The Bertz CT molecular complexity index is 1350. The highest BCUT2D eigenvalue weighted by Crippen LogP contribution is 2.21. The molecule has 0 aliphatic heterocycles. The molecule has 0 saturated heterocycles. The van der Waals surface area contributed by atoms with Gasteiger partial charge in [0.25, 0.3) is 0 Å². The Morgan fingerprint density at radius 2 is 1.69 bits per heavy atom. The van der Waals surface area contributed by atoms with E-state index in [-0.39, 0.29) is 24.0 Å². The van der Waals surface area contributed by atoms with Gasteiger partial charge < -0.3 is 19.9 Å². The molecule has 1 heterocycles. The Morgan fingerprint density at radius 3 is 2.43 bits per heavy atom. The maximum Gasteiger partial charge on any atom is 0.234 e. The second-order valence-corrected chi connectivity index (χ2v) is 8.59. The number of anilines is 2. The average molecular weight is 488 g/mol. The maximum atomic E-state index is 12.5. The first-order valence-corrected chi connectivity index (χ1v) is 11.9. The van der Waals surface area contributed by atoms with E-state index in [1.165, 1.54) is 11.8 Å². The number of ether oxygens (including phenoxy) is 1. The first-order chi connectivity index (χ1) is 17.1. The Morgan fingerprint density at radius 1 is 0.971 bits per heavy atom. The minimum absolute atomic E-state index is 0.0384. The van der Waals surface area contributed by atoms with Crippen LogP contribution in [0, 0.1) is 0 Å². The molecule has 178 valence electrons. The van der Waals surface area contributed by atoms with Crippen molar-refractivity contribution in [1.82, 2.24) is 14.8 Å². The fourth-order valence-corrected chi connectivity index (χ4v) is 4.25. The summed E-state index contributed by atoms with van der Waals surface area (Å²) in [6.07, 6.45) is 1.74. The van der Waals surface area contributed by atoms with Crippen LogP contribution in [0.5, 0.6) is 5.75 Å². The van der Waals surface area contributed by atoms with Gasteiger partial charge in [0.15, 0.2) is 5.16 Å². The summed E-state index contributed by atoms with van der Waals surface area (Å²) in [7, 11) is 1.59. The predicted octanol–water partition coefficient (Wildman–Crippen LogP) is 4.54. The number of nitrogens with one attached hydrogen (secondary N) is 2. The Hall–Kier alpha value is -4.11. The molecular weight excluding hydrogens is 462 g/mol. The number of amides is 2. The van der Waals surface area contributed by atoms with E-state index < -0.39 is 0 Å². The summed E-state index contributed by atoms with van der Waals surface area (Å²) in [6.45, 7) is 4.20. The van der Waals surface area contributed by atoms with Crippen molar-refractivity contribution in [3.8, 4) is 5.75 Å². The van der Waals surface area contributed by atoms with Gasteiger partial charge in [0.2, 0.25) is 11.8 Å². The average Bonchev–Trinajstić information content (AvgIpc) is 3.24. The minimum atomic E-state index is -0.224. The molecule has 3 aromatic carbocycles. The number of fused-ring (bicyclic) bond motifs is 1. The highest BCUT2D eigenvalue weighted by molar-refractivity contribution is 7.99. The number of hydrogen-bond donors (Lipinski definition) is 2. The Labute approximate surface area is 207 Å². The second-order valence-electron chi connectivity index (χ2n) is 7.65. The zero-order chi connectivity index (χ0) is 24.6. The van der Waals surface area contributed by atoms with Gasteiger partial charge in [-0.3, -0.25) is 9.59 Å². The van der Waals surface area contributed by atoms with E-state index >= 15 is 0 Å². The van der Waals surface area contributed by atoms with Gasteiger partial charge in [-0.15, -0.1) is 16.8 Å². The number of carbonyl (C=O) groups excluding carboxylic acids is 2. The summed E-state index contributed by atoms with van der Waals surface area (Å²) in [6, 6.07) is 20.8. The van der Waals surface area contributed by atoms with Crippen molar-refractivity contribution >= 4 is 45.7 Å². The highest BCUT2D eigenvalue weighted by Gasteiger charge is 2.16. The van der Waals surface area contributed by atoms with E-state index in [1.807, 2.05) is 42.5 Å². The molecule has 0 aliphatic carbocycles. The quantitative estimate of drug-likeness (QED) is 0.252. The lowest BCUT2D eigenvalue weighted by Crippen LogP contribution is -2.18. The molecule has 4 rings (SSSR count). The van der Waals surface area contributed by atoms with Crippen LogP contribution in [-0.2, 0) is 22.6 Å². The van der Waals surface area contributed by atoms with Crippen molar-refractivity contribution in [2.75, 3.05) is 23.5 Å². The van der Waals surface area contributed by atoms with Gasteiger partial charge in [0.1, 0.15) is 11.6 Å². The molecule has 2 N–H and O–H groups in total. The van der Waals surface area contributed by atoms with Crippen LogP contribution in [0.1, 0.15) is 5.82 Å². The summed E-state index contributed by atoms with van der Waals surface area (Å²) in [5, 5.41) is 16.8. The van der Waals surface area contributed by atoms with Gasteiger partial charge in [0.05, 0.1) is 19.3 Å². The van der Waals surface area contributed by atoms with Crippen LogP contribution in [-0.4, -0.2) is 39.4 Å². The van der Waals surface area contributed by atoms with Crippen LogP contribution >= 0.6 is 11.8 Å². The lowest BCUT2D eigenvalue weighted by Gasteiger charge is -2.09. The zero-order valence-corrected chi connectivity index (χ0v) is 20.0. The molecule has 8 nitrogen and oxygen atoms in total. The summed E-state index contributed by atoms with van der Waals surface area (Å²) >= 11 is 1.26. The van der Waals surface area contributed by atoms with E-state index in [4.69, 9.17) is 4.74 Å². The van der Waals surface area contributed by atoms with Crippen molar-refractivity contribution in [2.24, 2.45) is 0 Å². The van der Waals surface area contributed by atoms with E-state index in [0.717, 1.165) is 16.5 Å². The van der Waals surface area contributed by atoms with E-state index in [0.29, 0.717) is 29.0 Å². The molecule has 0 radical (unpaired) electrons. The van der Waals surface area contributed by atoms with Crippen molar-refractivity contribution in [1.29, 1.82) is 0 Å². The molecule has 1 aromatic heterocycles. The summed E-state index contributed by atoms with van der Waals surface area (Å²) in [4.78, 5) is 25.1. The second kappa shape index (κ2) is 11.3. The molecule has 2 amide bonds. The van der Waals surface area contributed by atoms with Crippen molar-refractivity contribution in [3.05, 3.63) is 85.2 Å². The van der Waals surface area contributed by atoms with E-state index in [9.17, 15) is 9.59 Å². The molecule has 4 aromatic rings. The van der Waals surface area contributed by atoms with Crippen LogP contribution in [0.25, 0.3) is 10.8 Å². The summed E-state index contributed by atoms with van der Waals surface area (Å²) in [5.74, 6) is 0.976. The van der Waals surface area contributed by atoms with Crippen LogP contribution in [0.4, 0.5) is 11.4 Å². The van der Waals surface area contributed by atoms with Gasteiger partial charge in [-0.2, -0.15) is 0 Å². The normalized spacial score (nSPS) is 10.7. The fourth-order valence-electron chi connectivity index (χ4n) is 3.49. The molecule has 0 unspecified atom stereocenters. The van der Waals surface area contributed by atoms with Gasteiger partial charge >= 0.3 is 0 Å². The minimum Gasteiger partial charge on any atom is -0.497 e. The van der Waals surface area contributed by atoms with Crippen molar-refractivity contribution in [3.63, 3.8) is 0 Å². The molecule has 0 spiro atoms. The maximum absolute atomic E-state index is 12.5. The number of allylic oxidation sites excluding steroid dienone is 1. The number of carbonyl (C=O) groups is 2. The first-order valence-electron chi connectivity index (χ1n) is 10.9. The van der Waals surface area contributed by atoms with Crippen LogP contribution < -0.4 is 15.4 Å². The topological polar surface area (TPSA) is 98.1 Å². The van der Waals surface area contributed by atoms with Crippen molar-refractivity contribution < 1.29 is 14.3 Å². The third-order valence-corrected chi connectivity index (χ3v) is 6.13. The number of thioether (sulfide) groups is 1. The molecular formula is C26H25N5O3S. The van der Waals surface area contributed by atoms with Crippen LogP contribution in [0.2, 0.25) is 0 Å². The van der Waals surface area contributed by atoms with Crippen LogP contribution in [0.15, 0.2) is 84.5 Å². The molecule has 0 bridgehead atoms. The third-order valence-electron chi connectivity index (χ3n) is 5.16. The fraction of sp³-hybridized carbons (Fsp3) is 0.154. The number of benzene rings is 3. The Kier molecular flexibility index (Phi) is 7.79. The molecule has 0 aliphatic rings. The molecule has 9 heteroatoms. The van der Waals surface area contributed by atoms with Crippen molar-refractivity contribution in [2.45, 2.75) is 18.1 Å². The van der Waals surface area contributed by atoms with Gasteiger partial charge in [-0.05, 0) is 47.2 Å². The molecule has 0 atom stereocenters. The SMILES string of the molecule is C=CCn1c(CC(=O)Nc2ccc(OC)cc2)nnc1SCC(=O)Nc1ccc2ccccc2c1. The lowest BCUT2D eigenvalue weighted by molar-refractivity contribution is -0.116. The van der Waals surface area contributed by atoms with E-state index in [1.54, 1.807) is 42.0 Å². The van der Waals surface area contributed by atoms with Gasteiger partial charge in [-0.25, -0.2) is 0 Å². The molecule has 0 fully saturated rings. The number of aromatic nitrogens is 3. The number of nitrogens with zero attached hydrogens (tertiary/aromatic N) is 3. The first kappa shape index (κ1) is 24.0. The standard InChI is InChI=1S/C26H25N5O3S/c1-3-14-31-23(16-24(32)27-20-10-12-22(34-2)13-11-20)29-30-26(31)35-17-25(33)28-21-9-8-18-6-4-5-7-19(18)15-21/h3-13,15H,1,14,16-17H2,2H3,(H,27,32)(H,28,33). The summed E-state index contributed by atoms with van der Waals surface area (Å²) < 4.78 is 6.92.